The Hall–Kier alpha value is -3.61. The van der Waals surface area contributed by atoms with Crippen molar-refractivity contribution < 1.29 is 9.53 Å². The third kappa shape index (κ3) is 4.86. The van der Waals surface area contributed by atoms with Gasteiger partial charge in [-0.15, -0.1) is 0 Å². The number of rotatable bonds is 6. The molecule has 30 heavy (non-hydrogen) atoms. The van der Waals surface area contributed by atoms with Crippen LogP contribution in [0.25, 0.3) is 0 Å². The first-order valence-corrected chi connectivity index (χ1v) is 10.1. The van der Waals surface area contributed by atoms with E-state index in [1.165, 1.54) is 0 Å². The maximum Gasteiger partial charge on any atom is 0.251 e. The van der Waals surface area contributed by atoms with E-state index in [0.717, 1.165) is 43.2 Å². The number of amides is 1. The average Bonchev–Trinajstić information content (AvgIpc) is 2.81. The van der Waals surface area contributed by atoms with E-state index in [1.807, 2.05) is 60.7 Å². The van der Waals surface area contributed by atoms with Gasteiger partial charge in [0.2, 0.25) is 5.95 Å². The number of carbonyl (C=O) groups is 1. The molecular formula is C23H25N5O2. The number of benzene rings is 2. The number of hydrogen-bond donors (Lipinski definition) is 2. The molecule has 7 heteroatoms. The zero-order valence-electron chi connectivity index (χ0n) is 16.9. The summed E-state index contributed by atoms with van der Waals surface area (Å²) in [4.78, 5) is 23.6. The van der Waals surface area contributed by atoms with Crippen molar-refractivity contribution in [2.75, 3.05) is 30.4 Å². The standard InChI is InChI=1S/C23H25N5O2/c1-30-20-9-7-18(8-10-20)25-21-11-14-24-23(27-21)28-15-12-19(13-16-28)26-22(29)17-5-3-2-4-6-17/h2-11,14,19H,12-13,15-16H2,1H3,(H,26,29)(H,24,25,27). The molecule has 0 bridgehead atoms. The van der Waals surface area contributed by atoms with Gasteiger partial charge >= 0.3 is 0 Å². The highest BCUT2D eigenvalue weighted by molar-refractivity contribution is 5.94. The van der Waals surface area contributed by atoms with Gasteiger partial charge in [-0.3, -0.25) is 4.79 Å². The number of carbonyl (C=O) groups excluding carboxylic acids is 1. The van der Waals surface area contributed by atoms with E-state index in [0.29, 0.717) is 11.5 Å². The number of ether oxygens (including phenoxy) is 1. The van der Waals surface area contributed by atoms with Crippen LogP contribution in [0.4, 0.5) is 17.5 Å². The Morgan fingerprint density at radius 1 is 1.03 bits per heavy atom. The zero-order chi connectivity index (χ0) is 20.8. The summed E-state index contributed by atoms with van der Waals surface area (Å²) >= 11 is 0. The van der Waals surface area contributed by atoms with Crippen molar-refractivity contribution >= 4 is 23.4 Å². The molecule has 2 aromatic carbocycles. The van der Waals surface area contributed by atoms with E-state index >= 15 is 0 Å². The Kier molecular flexibility index (Phi) is 6.08. The number of methoxy groups -OCH3 is 1. The molecule has 154 valence electrons. The topological polar surface area (TPSA) is 79.4 Å². The summed E-state index contributed by atoms with van der Waals surface area (Å²) < 4.78 is 5.19. The van der Waals surface area contributed by atoms with Crippen LogP contribution >= 0.6 is 0 Å². The normalized spacial score (nSPS) is 14.2. The number of anilines is 3. The summed E-state index contributed by atoms with van der Waals surface area (Å²) in [7, 11) is 1.65. The smallest absolute Gasteiger partial charge is 0.251 e. The monoisotopic (exact) mass is 403 g/mol. The van der Waals surface area contributed by atoms with Crippen molar-refractivity contribution in [3.8, 4) is 5.75 Å². The summed E-state index contributed by atoms with van der Waals surface area (Å²) in [6, 6.07) is 19.0. The van der Waals surface area contributed by atoms with Gasteiger partial charge in [0, 0.05) is 36.6 Å². The van der Waals surface area contributed by atoms with E-state index in [4.69, 9.17) is 4.74 Å². The molecule has 1 aliphatic heterocycles. The quantitative estimate of drug-likeness (QED) is 0.654. The van der Waals surface area contributed by atoms with Gasteiger partial charge in [-0.2, -0.15) is 4.98 Å². The van der Waals surface area contributed by atoms with Gasteiger partial charge in [-0.25, -0.2) is 4.98 Å². The lowest BCUT2D eigenvalue weighted by Crippen LogP contribution is -2.45. The SMILES string of the molecule is COc1ccc(Nc2ccnc(N3CCC(NC(=O)c4ccccc4)CC3)n2)cc1. The molecule has 1 fully saturated rings. The Morgan fingerprint density at radius 2 is 1.77 bits per heavy atom. The van der Waals surface area contributed by atoms with Gasteiger partial charge < -0.3 is 20.3 Å². The fraction of sp³-hybridized carbons (Fsp3) is 0.261. The van der Waals surface area contributed by atoms with Crippen molar-refractivity contribution in [1.29, 1.82) is 0 Å². The summed E-state index contributed by atoms with van der Waals surface area (Å²) in [5, 5.41) is 6.43. The molecule has 1 saturated heterocycles. The first-order chi connectivity index (χ1) is 14.7. The number of piperidine rings is 1. The van der Waals surface area contributed by atoms with Crippen molar-refractivity contribution in [1.82, 2.24) is 15.3 Å². The van der Waals surface area contributed by atoms with E-state index in [1.54, 1.807) is 13.3 Å². The predicted molar refractivity (Wildman–Crippen MR) is 117 cm³/mol. The van der Waals surface area contributed by atoms with Gasteiger partial charge in [0.25, 0.3) is 5.91 Å². The average molecular weight is 403 g/mol. The Bertz CT molecular complexity index is 970. The summed E-state index contributed by atoms with van der Waals surface area (Å²) in [5.74, 6) is 2.23. The van der Waals surface area contributed by atoms with E-state index < -0.39 is 0 Å². The summed E-state index contributed by atoms with van der Waals surface area (Å²) in [6.45, 7) is 1.59. The third-order valence-electron chi connectivity index (χ3n) is 5.15. The van der Waals surface area contributed by atoms with Crippen LogP contribution in [0.5, 0.6) is 5.75 Å². The van der Waals surface area contributed by atoms with Gasteiger partial charge in [0.05, 0.1) is 7.11 Å². The Labute approximate surface area is 176 Å². The van der Waals surface area contributed by atoms with Crippen LogP contribution in [-0.2, 0) is 0 Å². The van der Waals surface area contributed by atoms with Crippen molar-refractivity contribution in [3.63, 3.8) is 0 Å². The van der Waals surface area contributed by atoms with Crippen molar-refractivity contribution in [2.24, 2.45) is 0 Å². The maximum absolute atomic E-state index is 12.4. The van der Waals surface area contributed by atoms with E-state index in [9.17, 15) is 4.79 Å². The van der Waals surface area contributed by atoms with Crippen LogP contribution in [0.3, 0.4) is 0 Å². The number of nitrogens with one attached hydrogen (secondary N) is 2. The molecule has 1 amide bonds. The van der Waals surface area contributed by atoms with E-state index in [2.05, 4.69) is 25.5 Å². The number of hydrogen-bond acceptors (Lipinski definition) is 6. The second kappa shape index (κ2) is 9.26. The second-order valence-corrected chi connectivity index (χ2v) is 7.20. The molecule has 0 saturated carbocycles. The minimum atomic E-state index is -0.0176. The molecule has 0 spiro atoms. The predicted octanol–water partition coefficient (Wildman–Crippen LogP) is 3.63. The summed E-state index contributed by atoms with van der Waals surface area (Å²) in [6.07, 6.45) is 3.48. The van der Waals surface area contributed by atoms with Gasteiger partial charge in [-0.05, 0) is 55.3 Å². The highest BCUT2D eigenvalue weighted by Crippen LogP contribution is 2.21. The molecule has 3 aromatic rings. The lowest BCUT2D eigenvalue weighted by Gasteiger charge is -2.32. The first-order valence-electron chi connectivity index (χ1n) is 10.1. The molecule has 1 aliphatic rings. The Balaban J connectivity index is 1.33. The Morgan fingerprint density at radius 3 is 2.47 bits per heavy atom. The lowest BCUT2D eigenvalue weighted by molar-refractivity contribution is 0.0931. The van der Waals surface area contributed by atoms with Crippen LogP contribution in [0, 0.1) is 0 Å². The minimum absolute atomic E-state index is 0.0176. The maximum atomic E-state index is 12.4. The highest BCUT2D eigenvalue weighted by Gasteiger charge is 2.22. The molecule has 1 aromatic heterocycles. The molecule has 4 rings (SSSR count). The largest absolute Gasteiger partial charge is 0.497 e. The third-order valence-corrected chi connectivity index (χ3v) is 5.15. The fourth-order valence-electron chi connectivity index (χ4n) is 3.47. The van der Waals surface area contributed by atoms with Gasteiger partial charge in [0.1, 0.15) is 11.6 Å². The highest BCUT2D eigenvalue weighted by atomic mass is 16.5. The van der Waals surface area contributed by atoms with Crippen LogP contribution in [0.2, 0.25) is 0 Å². The van der Waals surface area contributed by atoms with Crippen molar-refractivity contribution in [2.45, 2.75) is 18.9 Å². The van der Waals surface area contributed by atoms with Crippen LogP contribution < -0.4 is 20.3 Å². The summed E-state index contributed by atoms with van der Waals surface area (Å²) in [5.41, 5.74) is 1.63. The fourth-order valence-corrected chi connectivity index (χ4v) is 3.47. The van der Waals surface area contributed by atoms with Gasteiger partial charge in [0.15, 0.2) is 0 Å². The van der Waals surface area contributed by atoms with E-state index in [-0.39, 0.29) is 11.9 Å². The number of aromatic nitrogens is 2. The van der Waals surface area contributed by atoms with Gasteiger partial charge in [-0.1, -0.05) is 18.2 Å². The molecule has 0 unspecified atom stereocenters. The number of nitrogens with zero attached hydrogens (tertiary/aromatic N) is 3. The molecule has 0 aliphatic carbocycles. The first kappa shape index (κ1) is 19.7. The van der Waals surface area contributed by atoms with Crippen molar-refractivity contribution in [3.05, 3.63) is 72.4 Å². The molecular weight excluding hydrogens is 378 g/mol. The molecule has 0 radical (unpaired) electrons. The lowest BCUT2D eigenvalue weighted by atomic mass is 10.0. The molecule has 2 N–H and O–H groups in total. The zero-order valence-corrected chi connectivity index (χ0v) is 16.9. The molecule has 0 atom stereocenters. The molecule has 2 heterocycles. The van der Waals surface area contributed by atoms with Crippen LogP contribution in [0.1, 0.15) is 23.2 Å². The second-order valence-electron chi connectivity index (χ2n) is 7.20. The van der Waals surface area contributed by atoms with Crippen LogP contribution in [0.15, 0.2) is 66.9 Å². The van der Waals surface area contributed by atoms with Crippen LogP contribution in [-0.4, -0.2) is 42.1 Å². The minimum Gasteiger partial charge on any atom is -0.497 e. The molecule has 7 nitrogen and oxygen atoms in total.